The van der Waals surface area contributed by atoms with Crippen LogP contribution < -0.4 is 14.4 Å². The summed E-state index contributed by atoms with van der Waals surface area (Å²) in [6.45, 7) is 6.55. The number of amides is 2. The van der Waals surface area contributed by atoms with Gasteiger partial charge in [0.15, 0.2) is 0 Å². The first-order valence-corrected chi connectivity index (χ1v) is 16.6. The molecule has 0 bridgehead atoms. The number of rotatable bonds is 13. The van der Waals surface area contributed by atoms with Crippen LogP contribution in [0.15, 0.2) is 108 Å². The summed E-state index contributed by atoms with van der Waals surface area (Å²) in [5, 5.41) is 2.93. The highest BCUT2D eigenvalue weighted by Crippen LogP contribution is 2.27. The van der Waals surface area contributed by atoms with Gasteiger partial charge in [-0.15, -0.1) is 0 Å². The third-order valence-corrected chi connectivity index (χ3v) is 8.97. The van der Waals surface area contributed by atoms with Crippen molar-refractivity contribution in [2.75, 3.05) is 17.5 Å². The molecule has 4 rings (SSSR count). The van der Waals surface area contributed by atoms with Crippen molar-refractivity contribution in [1.82, 2.24) is 10.2 Å². The molecule has 0 aromatic heterocycles. The van der Waals surface area contributed by atoms with Gasteiger partial charge in [-0.2, -0.15) is 0 Å². The molecule has 0 aliphatic rings. The van der Waals surface area contributed by atoms with Crippen molar-refractivity contribution in [1.29, 1.82) is 0 Å². The Morgan fingerprint density at radius 3 is 2.06 bits per heavy atom. The van der Waals surface area contributed by atoms with E-state index >= 15 is 4.39 Å². The minimum Gasteiger partial charge on any atom is -0.494 e. The smallest absolute Gasteiger partial charge is 0.264 e. The maximum absolute atomic E-state index is 15.1. The predicted octanol–water partition coefficient (Wildman–Crippen LogP) is 6.11. The fourth-order valence-corrected chi connectivity index (χ4v) is 6.37. The number of nitrogens with zero attached hydrogens (tertiary/aromatic N) is 2. The van der Waals surface area contributed by atoms with Gasteiger partial charge in [0, 0.05) is 24.1 Å². The molecule has 0 heterocycles. The van der Waals surface area contributed by atoms with Crippen molar-refractivity contribution in [2.45, 2.75) is 57.1 Å². The molecular weight excluding hydrogens is 624 g/mol. The van der Waals surface area contributed by atoms with E-state index in [2.05, 4.69) is 5.32 Å². The predicted molar refractivity (Wildman–Crippen MR) is 177 cm³/mol. The Kier molecular flexibility index (Phi) is 11.4. The summed E-state index contributed by atoms with van der Waals surface area (Å²) in [6.07, 6.45) is 0.0801. The Balaban J connectivity index is 1.82. The Hall–Kier alpha value is -4.77. The lowest BCUT2D eigenvalue weighted by Gasteiger charge is -2.35. The first-order chi connectivity index (χ1) is 22.3. The van der Waals surface area contributed by atoms with Gasteiger partial charge in [-0.05, 0) is 87.9 Å². The third-order valence-electron chi connectivity index (χ3n) is 7.18. The van der Waals surface area contributed by atoms with Gasteiger partial charge < -0.3 is 15.0 Å². The molecule has 47 heavy (non-hydrogen) atoms. The van der Waals surface area contributed by atoms with Crippen LogP contribution in [0, 0.1) is 11.6 Å². The zero-order chi connectivity index (χ0) is 34.2. The van der Waals surface area contributed by atoms with Gasteiger partial charge in [-0.3, -0.25) is 13.9 Å². The Bertz CT molecular complexity index is 1760. The zero-order valence-electron chi connectivity index (χ0n) is 26.8. The zero-order valence-corrected chi connectivity index (χ0v) is 27.6. The molecule has 8 nitrogen and oxygen atoms in total. The van der Waals surface area contributed by atoms with Crippen molar-refractivity contribution in [3.05, 3.63) is 126 Å². The van der Waals surface area contributed by atoms with Crippen LogP contribution in [0.2, 0.25) is 0 Å². The van der Waals surface area contributed by atoms with Crippen molar-refractivity contribution in [3.8, 4) is 5.75 Å². The number of sulfonamides is 1. The van der Waals surface area contributed by atoms with Crippen LogP contribution in [0.4, 0.5) is 14.5 Å². The number of halogens is 2. The SMILES string of the molecule is CCOc1ccc(N(CC(=O)N(Cc2ccccc2F)[C@H](Cc2ccccc2)C(=O)NC(C)(C)C)S(=O)(=O)c2ccc(F)cc2)cc1. The molecule has 11 heteroatoms. The lowest BCUT2D eigenvalue weighted by molar-refractivity contribution is -0.140. The molecule has 0 aliphatic heterocycles. The van der Waals surface area contributed by atoms with Crippen LogP contribution in [-0.2, 0) is 32.6 Å². The molecule has 0 unspecified atom stereocenters. The standard InChI is InChI=1S/C36H39F2N3O5S/c1-5-46-30-19-17-29(18-20-30)41(47(44,45)31-21-15-28(37)16-22-31)25-34(42)40(24-27-13-9-10-14-32(27)38)33(35(43)39-36(2,3)4)23-26-11-7-6-8-12-26/h6-22,33H,5,23-25H2,1-4H3,(H,39,43)/t33-/m1/s1. The number of benzene rings is 4. The van der Waals surface area contributed by atoms with E-state index in [1.165, 1.54) is 35.2 Å². The van der Waals surface area contributed by atoms with E-state index in [0.717, 1.165) is 34.1 Å². The number of hydrogen-bond donors (Lipinski definition) is 1. The van der Waals surface area contributed by atoms with Gasteiger partial charge in [0.2, 0.25) is 11.8 Å². The molecule has 1 atom stereocenters. The van der Waals surface area contributed by atoms with Gasteiger partial charge >= 0.3 is 0 Å². The summed E-state index contributed by atoms with van der Waals surface area (Å²) in [6, 6.07) is 24.2. The normalized spacial score (nSPS) is 12.2. The maximum Gasteiger partial charge on any atom is 0.264 e. The number of carbonyl (C=O) groups excluding carboxylic acids is 2. The maximum atomic E-state index is 15.1. The van der Waals surface area contributed by atoms with Crippen LogP contribution in [0.3, 0.4) is 0 Å². The van der Waals surface area contributed by atoms with Crippen molar-refractivity contribution in [2.24, 2.45) is 0 Å². The Morgan fingerprint density at radius 2 is 1.47 bits per heavy atom. The monoisotopic (exact) mass is 663 g/mol. The summed E-state index contributed by atoms with van der Waals surface area (Å²) in [7, 11) is -4.44. The molecule has 0 saturated heterocycles. The number of ether oxygens (including phenoxy) is 1. The van der Waals surface area contributed by atoms with E-state index in [-0.39, 0.29) is 29.1 Å². The first-order valence-electron chi connectivity index (χ1n) is 15.2. The summed E-state index contributed by atoms with van der Waals surface area (Å²) in [5.74, 6) is -1.96. The van der Waals surface area contributed by atoms with Crippen LogP contribution in [-0.4, -0.2) is 49.9 Å². The van der Waals surface area contributed by atoms with Crippen LogP contribution in [0.1, 0.15) is 38.8 Å². The molecule has 0 spiro atoms. The van der Waals surface area contributed by atoms with E-state index in [4.69, 9.17) is 4.74 Å². The van der Waals surface area contributed by atoms with E-state index in [9.17, 15) is 22.4 Å². The second-order valence-corrected chi connectivity index (χ2v) is 13.8. The van der Waals surface area contributed by atoms with Gasteiger partial charge in [-0.25, -0.2) is 17.2 Å². The largest absolute Gasteiger partial charge is 0.494 e. The molecule has 0 radical (unpaired) electrons. The molecule has 4 aromatic rings. The second kappa shape index (κ2) is 15.2. The number of anilines is 1. The third kappa shape index (κ3) is 9.38. The average molecular weight is 664 g/mol. The van der Waals surface area contributed by atoms with E-state index in [0.29, 0.717) is 12.4 Å². The molecule has 0 fully saturated rings. The molecular formula is C36H39F2N3O5S. The topological polar surface area (TPSA) is 96.0 Å². The minimum absolute atomic E-state index is 0.0801. The van der Waals surface area contributed by atoms with Crippen molar-refractivity contribution in [3.63, 3.8) is 0 Å². The average Bonchev–Trinajstić information content (AvgIpc) is 3.02. The molecule has 1 N–H and O–H groups in total. The van der Waals surface area contributed by atoms with Crippen LogP contribution in [0.5, 0.6) is 5.75 Å². The minimum atomic E-state index is -4.44. The van der Waals surface area contributed by atoms with Gasteiger partial charge in [0.05, 0.1) is 17.2 Å². The molecule has 0 aliphatic carbocycles. The van der Waals surface area contributed by atoms with Gasteiger partial charge in [0.1, 0.15) is 30.0 Å². The summed E-state index contributed by atoms with van der Waals surface area (Å²) in [4.78, 5) is 29.4. The van der Waals surface area contributed by atoms with Gasteiger partial charge in [0.25, 0.3) is 10.0 Å². The summed E-state index contributed by atoms with van der Waals surface area (Å²) >= 11 is 0. The first kappa shape index (κ1) is 35.1. The number of nitrogens with one attached hydrogen (secondary N) is 1. The number of carbonyl (C=O) groups is 2. The molecule has 0 saturated carbocycles. The van der Waals surface area contributed by atoms with Crippen molar-refractivity contribution >= 4 is 27.5 Å². The summed E-state index contributed by atoms with van der Waals surface area (Å²) < 4.78 is 63.4. The van der Waals surface area contributed by atoms with Crippen molar-refractivity contribution < 1.29 is 31.5 Å². The van der Waals surface area contributed by atoms with Crippen LogP contribution in [0.25, 0.3) is 0 Å². The lowest BCUT2D eigenvalue weighted by Crippen LogP contribution is -2.56. The van der Waals surface area contributed by atoms with E-state index in [1.54, 1.807) is 51.1 Å². The fraction of sp³-hybridized carbons (Fsp3) is 0.278. The van der Waals surface area contributed by atoms with E-state index < -0.39 is 51.6 Å². The lowest BCUT2D eigenvalue weighted by atomic mass is 10.0. The molecule has 4 aromatic carbocycles. The molecule has 2 amide bonds. The van der Waals surface area contributed by atoms with Crippen LogP contribution >= 0.6 is 0 Å². The Morgan fingerprint density at radius 1 is 0.851 bits per heavy atom. The quantitative estimate of drug-likeness (QED) is 0.186. The Labute approximate surface area is 275 Å². The summed E-state index contributed by atoms with van der Waals surface area (Å²) in [5.41, 5.74) is 0.362. The second-order valence-electron chi connectivity index (χ2n) is 12.0. The highest BCUT2D eigenvalue weighted by atomic mass is 32.2. The highest BCUT2D eigenvalue weighted by molar-refractivity contribution is 7.92. The highest BCUT2D eigenvalue weighted by Gasteiger charge is 2.36. The number of hydrogen-bond acceptors (Lipinski definition) is 5. The molecule has 248 valence electrons. The fourth-order valence-electron chi connectivity index (χ4n) is 4.95. The van der Waals surface area contributed by atoms with E-state index in [1.807, 2.05) is 25.1 Å². The van der Waals surface area contributed by atoms with Gasteiger partial charge in [-0.1, -0.05) is 48.5 Å².